The molecule has 1 heterocycles. The summed E-state index contributed by atoms with van der Waals surface area (Å²) in [7, 11) is 0. The third-order valence-electron chi connectivity index (χ3n) is 4.72. The topological polar surface area (TPSA) is 89.3 Å². The predicted molar refractivity (Wildman–Crippen MR) is 96.7 cm³/mol. The van der Waals surface area contributed by atoms with Gasteiger partial charge in [0.05, 0.1) is 11.8 Å². The van der Waals surface area contributed by atoms with Crippen LogP contribution >= 0.6 is 0 Å². The molecule has 3 atom stereocenters. The van der Waals surface area contributed by atoms with E-state index in [0.717, 1.165) is 36.3 Å². The van der Waals surface area contributed by atoms with Crippen LogP contribution in [-0.4, -0.2) is 44.8 Å². The Kier molecular flexibility index (Phi) is 5.88. The molecule has 1 amide bonds. The average molecular weight is 358 g/mol. The zero-order chi connectivity index (χ0) is 18.5. The molecule has 7 heteroatoms. The maximum absolute atomic E-state index is 12.1. The largest absolute Gasteiger partial charge is 0.488 e. The van der Waals surface area contributed by atoms with Gasteiger partial charge in [-0.3, -0.25) is 4.79 Å². The molecular weight excluding hydrogens is 332 g/mol. The molecule has 0 radical (unpaired) electrons. The number of ether oxygens (including phenoxy) is 1. The minimum atomic E-state index is -0.599. The number of aliphatic hydroxyl groups is 1. The number of aliphatic hydroxyl groups excluding tert-OH is 1. The van der Waals surface area contributed by atoms with E-state index in [2.05, 4.69) is 15.6 Å². The van der Waals surface area contributed by atoms with E-state index >= 15 is 0 Å². The quantitative estimate of drug-likeness (QED) is 0.819. The Bertz CT molecular complexity index is 746. The zero-order valence-corrected chi connectivity index (χ0v) is 15.3. The monoisotopic (exact) mass is 358 g/mol. The van der Waals surface area contributed by atoms with E-state index in [1.165, 1.54) is 4.68 Å². The summed E-state index contributed by atoms with van der Waals surface area (Å²) >= 11 is 0. The van der Waals surface area contributed by atoms with Gasteiger partial charge in [-0.1, -0.05) is 17.3 Å². The zero-order valence-electron chi connectivity index (χ0n) is 15.3. The van der Waals surface area contributed by atoms with E-state index in [-0.39, 0.29) is 24.5 Å². The standard InChI is InChI=1S/C19H26N4O3/c1-13-5-3-7-16(9-13)26-17-8-4-6-15(19(17)25)10-20-18(24)12-23-11-14(2)21-22-23/h3,5,7,9,11,15,17,19,25H,4,6,8,10,12H2,1-2H3,(H,20,24)/t15-,17-,19-/m1/s1. The number of nitrogens with zero attached hydrogens (tertiary/aromatic N) is 3. The first-order valence-corrected chi connectivity index (χ1v) is 9.06. The van der Waals surface area contributed by atoms with Gasteiger partial charge >= 0.3 is 0 Å². The first-order chi connectivity index (χ1) is 12.5. The molecule has 26 heavy (non-hydrogen) atoms. The van der Waals surface area contributed by atoms with Gasteiger partial charge in [0.15, 0.2) is 0 Å². The maximum Gasteiger partial charge on any atom is 0.241 e. The van der Waals surface area contributed by atoms with Gasteiger partial charge in [0, 0.05) is 18.7 Å². The number of hydrogen-bond donors (Lipinski definition) is 2. The highest BCUT2D eigenvalue weighted by Gasteiger charge is 2.33. The van der Waals surface area contributed by atoms with E-state index in [1.807, 2.05) is 38.1 Å². The summed E-state index contributed by atoms with van der Waals surface area (Å²) in [4.78, 5) is 12.1. The van der Waals surface area contributed by atoms with Crippen molar-refractivity contribution in [2.75, 3.05) is 6.54 Å². The lowest BCUT2D eigenvalue weighted by Gasteiger charge is -2.35. The Morgan fingerprint density at radius 2 is 2.23 bits per heavy atom. The van der Waals surface area contributed by atoms with Crippen molar-refractivity contribution in [1.82, 2.24) is 20.3 Å². The fourth-order valence-electron chi connectivity index (χ4n) is 3.36. The summed E-state index contributed by atoms with van der Waals surface area (Å²) in [6.45, 7) is 4.40. The van der Waals surface area contributed by atoms with Crippen LogP contribution in [0.15, 0.2) is 30.5 Å². The summed E-state index contributed by atoms with van der Waals surface area (Å²) in [5, 5.41) is 21.3. The summed E-state index contributed by atoms with van der Waals surface area (Å²) in [6, 6.07) is 7.84. The number of benzene rings is 1. The van der Waals surface area contributed by atoms with E-state index in [9.17, 15) is 9.90 Å². The summed E-state index contributed by atoms with van der Waals surface area (Å²) in [5.74, 6) is 0.629. The summed E-state index contributed by atoms with van der Waals surface area (Å²) in [6.07, 6.45) is 3.54. The average Bonchev–Trinajstić information content (AvgIpc) is 3.00. The minimum Gasteiger partial charge on any atom is -0.488 e. The molecule has 3 rings (SSSR count). The molecule has 0 unspecified atom stereocenters. The number of carbonyl (C=O) groups is 1. The van der Waals surface area contributed by atoms with Crippen molar-refractivity contribution < 1.29 is 14.6 Å². The summed E-state index contributed by atoms with van der Waals surface area (Å²) < 4.78 is 7.50. The molecule has 1 aliphatic carbocycles. The van der Waals surface area contributed by atoms with Crippen LogP contribution in [0.5, 0.6) is 5.75 Å². The lowest BCUT2D eigenvalue weighted by Crippen LogP contribution is -2.46. The molecule has 140 valence electrons. The third kappa shape index (κ3) is 4.82. The molecule has 0 bridgehead atoms. The van der Waals surface area contributed by atoms with Crippen molar-refractivity contribution in [1.29, 1.82) is 0 Å². The van der Waals surface area contributed by atoms with Crippen molar-refractivity contribution in [3.63, 3.8) is 0 Å². The van der Waals surface area contributed by atoms with Crippen molar-refractivity contribution in [3.05, 3.63) is 41.7 Å². The molecule has 0 spiro atoms. The van der Waals surface area contributed by atoms with Crippen LogP contribution in [0.4, 0.5) is 0 Å². The van der Waals surface area contributed by atoms with Crippen LogP contribution in [0, 0.1) is 19.8 Å². The number of amides is 1. The van der Waals surface area contributed by atoms with E-state index in [4.69, 9.17) is 4.74 Å². The molecule has 0 saturated heterocycles. The second kappa shape index (κ2) is 8.31. The van der Waals surface area contributed by atoms with Crippen molar-refractivity contribution in [3.8, 4) is 5.75 Å². The number of hydrogen-bond acceptors (Lipinski definition) is 5. The Hall–Kier alpha value is -2.41. The van der Waals surface area contributed by atoms with Crippen LogP contribution in [0.2, 0.25) is 0 Å². The van der Waals surface area contributed by atoms with Crippen LogP contribution in [0.1, 0.15) is 30.5 Å². The Labute approximate surface area is 153 Å². The molecule has 2 aromatic rings. The maximum atomic E-state index is 12.1. The second-order valence-electron chi connectivity index (χ2n) is 7.02. The fraction of sp³-hybridized carbons (Fsp3) is 0.526. The SMILES string of the molecule is Cc1cccc(O[C@@H]2CCC[C@H](CNC(=O)Cn3cc(C)nn3)[C@H]2O)c1. The van der Waals surface area contributed by atoms with E-state index < -0.39 is 6.10 Å². The fourth-order valence-corrected chi connectivity index (χ4v) is 3.36. The third-order valence-corrected chi connectivity index (χ3v) is 4.72. The first kappa shape index (κ1) is 18.4. The molecule has 1 fully saturated rings. The van der Waals surface area contributed by atoms with Gasteiger partial charge in [0.2, 0.25) is 5.91 Å². The molecule has 2 N–H and O–H groups in total. The molecule has 1 aromatic carbocycles. The van der Waals surface area contributed by atoms with Crippen LogP contribution < -0.4 is 10.1 Å². The number of aromatic nitrogens is 3. The number of carbonyl (C=O) groups excluding carboxylic acids is 1. The van der Waals surface area contributed by atoms with E-state index in [0.29, 0.717) is 6.54 Å². The first-order valence-electron chi connectivity index (χ1n) is 9.06. The highest BCUT2D eigenvalue weighted by Crippen LogP contribution is 2.28. The van der Waals surface area contributed by atoms with Gasteiger partial charge in [-0.2, -0.15) is 0 Å². The van der Waals surface area contributed by atoms with Gasteiger partial charge in [0.1, 0.15) is 18.4 Å². The Morgan fingerprint density at radius 3 is 2.96 bits per heavy atom. The normalized spacial score (nSPS) is 22.8. The molecule has 7 nitrogen and oxygen atoms in total. The summed E-state index contributed by atoms with van der Waals surface area (Å²) in [5.41, 5.74) is 1.90. The van der Waals surface area contributed by atoms with Crippen LogP contribution in [0.25, 0.3) is 0 Å². The molecule has 1 aromatic heterocycles. The van der Waals surface area contributed by atoms with Crippen LogP contribution in [0.3, 0.4) is 0 Å². The molecule has 1 saturated carbocycles. The minimum absolute atomic E-state index is 0.0139. The lowest BCUT2D eigenvalue weighted by atomic mass is 9.84. The smallest absolute Gasteiger partial charge is 0.241 e. The van der Waals surface area contributed by atoms with E-state index in [1.54, 1.807) is 6.20 Å². The van der Waals surface area contributed by atoms with Crippen molar-refractivity contribution in [2.45, 2.75) is 51.9 Å². The molecular formula is C19H26N4O3. The highest BCUT2D eigenvalue weighted by molar-refractivity contribution is 5.75. The Morgan fingerprint density at radius 1 is 1.38 bits per heavy atom. The van der Waals surface area contributed by atoms with Crippen molar-refractivity contribution in [2.24, 2.45) is 5.92 Å². The van der Waals surface area contributed by atoms with Gasteiger partial charge in [-0.15, -0.1) is 5.10 Å². The Balaban J connectivity index is 1.50. The van der Waals surface area contributed by atoms with Crippen molar-refractivity contribution >= 4 is 5.91 Å². The second-order valence-corrected chi connectivity index (χ2v) is 7.02. The number of rotatable bonds is 6. The number of aryl methyl sites for hydroxylation is 2. The predicted octanol–water partition coefficient (Wildman–Crippen LogP) is 1.62. The molecule has 1 aliphatic rings. The van der Waals surface area contributed by atoms with Crippen LogP contribution in [-0.2, 0) is 11.3 Å². The van der Waals surface area contributed by atoms with Gasteiger partial charge in [0.25, 0.3) is 0 Å². The highest BCUT2D eigenvalue weighted by atomic mass is 16.5. The van der Waals surface area contributed by atoms with Gasteiger partial charge < -0.3 is 15.2 Å². The number of nitrogens with one attached hydrogen (secondary N) is 1. The van der Waals surface area contributed by atoms with Gasteiger partial charge in [-0.05, 0) is 50.8 Å². The lowest BCUT2D eigenvalue weighted by molar-refractivity contribution is -0.122. The van der Waals surface area contributed by atoms with Gasteiger partial charge in [-0.25, -0.2) is 4.68 Å². The molecule has 0 aliphatic heterocycles.